The van der Waals surface area contributed by atoms with E-state index in [4.69, 9.17) is 0 Å². The van der Waals surface area contributed by atoms with Crippen LogP contribution in [0.2, 0.25) is 0 Å². The summed E-state index contributed by atoms with van der Waals surface area (Å²) in [7, 11) is 0. The number of alkyl halides is 2. The minimum atomic E-state index is -0.251. The molecule has 1 aromatic heterocycles. The third kappa shape index (κ3) is 3.11. The molecule has 0 radical (unpaired) electrons. The predicted molar refractivity (Wildman–Crippen MR) is 84.2 cm³/mol. The number of carbonyl (C=O) groups is 1. The van der Waals surface area contributed by atoms with E-state index in [0.717, 1.165) is 16.0 Å². The standard InChI is InChI=1S/C14H12Br2OS/c1-9-4-6-10(7-5-9)14(17)13(16)12(15)11-3-2-8-18-11/h2-8,12-13H,1H3/t12-,13+/m1/s1. The van der Waals surface area contributed by atoms with Gasteiger partial charge >= 0.3 is 0 Å². The first kappa shape index (κ1) is 14.0. The molecule has 0 aliphatic rings. The molecule has 2 rings (SSSR count). The smallest absolute Gasteiger partial charge is 0.177 e. The average molecular weight is 388 g/mol. The number of carbonyl (C=O) groups excluding carboxylic acids is 1. The molecule has 1 heterocycles. The Hall–Kier alpha value is -0.450. The van der Waals surface area contributed by atoms with Gasteiger partial charge in [0.05, 0.1) is 9.65 Å². The first-order valence-electron chi connectivity index (χ1n) is 5.52. The number of hydrogen-bond donors (Lipinski definition) is 0. The Morgan fingerprint density at radius 3 is 2.39 bits per heavy atom. The monoisotopic (exact) mass is 386 g/mol. The predicted octanol–water partition coefficient (Wildman–Crippen LogP) is 5.14. The lowest BCUT2D eigenvalue weighted by Gasteiger charge is -2.14. The van der Waals surface area contributed by atoms with Crippen LogP contribution in [0, 0.1) is 6.92 Å². The Labute approximate surface area is 127 Å². The van der Waals surface area contributed by atoms with Crippen molar-refractivity contribution in [2.75, 3.05) is 0 Å². The van der Waals surface area contributed by atoms with Crippen molar-refractivity contribution in [1.82, 2.24) is 0 Å². The molecule has 0 N–H and O–H groups in total. The first-order valence-corrected chi connectivity index (χ1v) is 8.23. The largest absolute Gasteiger partial charge is 0.293 e. The fraction of sp³-hybridized carbons (Fsp3) is 0.214. The molecule has 0 fully saturated rings. The topological polar surface area (TPSA) is 17.1 Å². The number of rotatable bonds is 4. The maximum absolute atomic E-state index is 12.3. The molecule has 4 heteroatoms. The molecule has 1 nitrogen and oxygen atoms in total. The first-order chi connectivity index (χ1) is 8.59. The fourth-order valence-corrected chi connectivity index (χ4v) is 3.78. The van der Waals surface area contributed by atoms with Gasteiger partial charge in [-0.2, -0.15) is 0 Å². The molecule has 0 saturated carbocycles. The van der Waals surface area contributed by atoms with E-state index in [1.807, 2.05) is 48.7 Å². The number of aryl methyl sites for hydroxylation is 1. The summed E-state index contributed by atoms with van der Waals surface area (Å²) in [4.78, 5) is 13.2. The molecule has 18 heavy (non-hydrogen) atoms. The summed E-state index contributed by atoms with van der Waals surface area (Å²) < 4.78 is 0. The van der Waals surface area contributed by atoms with Crippen LogP contribution in [-0.4, -0.2) is 10.6 Å². The van der Waals surface area contributed by atoms with Gasteiger partial charge < -0.3 is 0 Å². The van der Waals surface area contributed by atoms with Crippen LogP contribution in [0.1, 0.15) is 25.6 Å². The van der Waals surface area contributed by atoms with Crippen LogP contribution in [-0.2, 0) is 0 Å². The Bertz CT molecular complexity index is 519. The summed E-state index contributed by atoms with van der Waals surface area (Å²) in [6.45, 7) is 2.01. The van der Waals surface area contributed by atoms with Crippen LogP contribution in [0.3, 0.4) is 0 Å². The van der Waals surface area contributed by atoms with Gasteiger partial charge in [0, 0.05) is 10.4 Å². The molecule has 0 spiro atoms. The number of halogens is 2. The van der Waals surface area contributed by atoms with Gasteiger partial charge in [0.2, 0.25) is 0 Å². The van der Waals surface area contributed by atoms with Gasteiger partial charge in [-0.05, 0) is 18.4 Å². The highest BCUT2D eigenvalue weighted by atomic mass is 79.9. The molecule has 0 saturated heterocycles. The number of thiophene rings is 1. The number of ketones is 1. The van der Waals surface area contributed by atoms with Crippen molar-refractivity contribution in [2.24, 2.45) is 0 Å². The molecule has 0 bridgehead atoms. The van der Waals surface area contributed by atoms with Crippen LogP contribution in [0.25, 0.3) is 0 Å². The average Bonchev–Trinajstić information content (AvgIpc) is 2.91. The van der Waals surface area contributed by atoms with E-state index in [2.05, 4.69) is 31.9 Å². The lowest BCUT2D eigenvalue weighted by Crippen LogP contribution is -2.18. The van der Waals surface area contributed by atoms with Crippen molar-refractivity contribution >= 4 is 49.0 Å². The summed E-state index contributed by atoms with van der Waals surface area (Å²) >= 11 is 8.73. The maximum atomic E-state index is 12.3. The maximum Gasteiger partial charge on any atom is 0.177 e. The molecule has 0 aliphatic heterocycles. The second-order valence-corrected chi connectivity index (χ2v) is 7.00. The van der Waals surface area contributed by atoms with Crippen LogP contribution in [0.5, 0.6) is 0 Å². The molecule has 1 aromatic carbocycles. The van der Waals surface area contributed by atoms with Gasteiger partial charge in [-0.1, -0.05) is 67.8 Å². The second-order valence-electron chi connectivity index (χ2n) is 4.05. The van der Waals surface area contributed by atoms with Crippen LogP contribution in [0.4, 0.5) is 0 Å². The quantitative estimate of drug-likeness (QED) is 0.524. The zero-order valence-corrected chi connectivity index (χ0v) is 13.8. The van der Waals surface area contributed by atoms with Crippen LogP contribution >= 0.6 is 43.2 Å². The van der Waals surface area contributed by atoms with E-state index in [1.165, 1.54) is 0 Å². The summed E-state index contributed by atoms with van der Waals surface area (Å²) in [5.41, 5.74) is 1.90. The lowest BCUT2D eigenvalue weighted by molar-refractivity contribution is 0.0991. The minimum absolute atomic E-state index is 0.00584. The molecular weight excluding hydrogens is 376 g/mol. The highest BCUT2D eigenvalue weighted by Crippen LogP contribution is 2.35. The van der Waals surface area contributed by atoms with Gasteiger partial charge in [0.15, 0.2) is 5.78 Å². The van der Waals surface area contributed by atoms with Gasteiger partial charge in [-0.3, -0.25) is 4.79 Å². The zero-order chi connectivity index (χ0) is 13.1. The third-order valence-corrected chi connectivity index (χ3v) is 6.59. The highest BCUT2D eigenvalue weighted by molar-refractivity contribution is 9.12. The van der Waals surface area contributed by atoms with E-state index in [0.29, 0.717) is 0 Å². The number of benzene rings is 1. The summed E-state index contributed by atoms with van der Waals surface area (Å²) in [5, 5.41) is 2.01. The molecule has 2 atom stereocenters. The third-order valence-electron chi connectivity index (χ3n) is 2.66. The van der Waals surface area contributed by atoms with Crippen LogP contribution in [0.15, 0.2) is 41.8 Å². The van der Waals surface area contributed by atoms with E-state index >= 15 is 0 Å². The van der Waals surface area contributed by atoms with Gasteiger partial charge in [0.1, 0.15) is 0 Å². The molecule has 94 valence electrons. The Balaban J connectivity index is 2.16. The highest BCUT2D eigenvalue weighted by Gasteiger charge is 2.26. The Morgan fingerprint density at radius 2 is 1.83 bits per heavy atom. The van der Waals surface area contributed by atoms with E-state index in [9.17, 15) is 4.79 Å². The van der Waals surface area contributed by atoms with Crippen molar-refractivity contribution in [3.8, 4) is 0 Å². The normalized spacial score (nSPS) is 14.2. The SMILES string of the molecule is Cc1ccc(C(=O)[C@@H](Br)[C@H](Br)c2cccs2)cc1. The summed E-state index contributed by atoms with van der Waals surface area (Å²) in [6, 6.07) is 11.7. The van der Waals surface area contributed by atoms with Gasteiger partial charge in [-0.25, -0.2) is 0 Å². The van der Waals surface area contributed by atoms with Crippen molar-refractivity contribution < 1.29 is 4.79 Å². The number of Topliss-reactive ketones (excluding diaryl/α,β-unsaturated/α-hetero) is 1. The number of hydrogen-bond acceptors (Lipinski definition) is 2. The van der Waals surface area contributed by atoms with Crippen molar-refractivity contribution in [3.05, 3.63) is 57.8 Å². The Kier molecular flexibility index (Phi) is 4.76. The Morgan fingerprint density at radius 1 is 1.17 bits per heavy atom. The van der Waals surface area contributed by atoms with E-state index < -0.39 is 0 Å². The van der Waals surface area contributed by atoms with E-state index in [1.54, 1.807) is 11.3 Å². The summed E-state index contributed by atoms with van der Waals surface area (Å²) in [5.74, 6) is 0.102. The molecular formula is C14H12Br2OS. The van der Waals surface area contributed by atoms with E-state index in [-0.39, 0.29) is 15.4 Å². The lowest BCUT2D eigenvalue weighted by atomic mass is 10.0. The van der Waals surface area contributed by atoms with Gasteiger partial charge in [-0.15, -0.1) is 11.3 Å². The molecule has 0 unspecified atom stereocenters. The van der Waals surface area contributed by atoms with Crippen molar-refractivity contribution in [3.63, 3.8) is 0 Å². The van der Waals surface area contributed by atoms with Crippen molar-refractivity contribution in [2.45, 2.75) is 16.6 Å². The minimum Gasteiger partial charge on any atom is -0.293 e. The fourth-order valence-electron chi connectivity index (χ4n) is 1.60. The summed E-state index contributed by atoms with van der Waals surface area (Å²) in [6.07, 6.45) is 0. The van der Waals surface area contributed by atoms with Gasteiger partial charge in [0.25, 0.3) is 0 Å². The van der Waals surface area contributed by atoms with Crippen LogP contribution < -0.4 is 0 Å². The second kappa shape index (κ2) is 6.13. The van der Waals surface area contributed by atoms with Crippen molar-refractivity contribution in [1.29, 1.82) is 0 Å². The molecule has 2 aromatic rings. The molecule has 0 aliphatic carbocycles. The zero-order valence-electron chi connectivity index (χ0n) is 9.77. The molecule has 0 amide bonds.